The molecule has 0 unspecified atom stereocenters. The average molecular weight is 402 g/mol. The highest BCUT2D eigenvalue weighted by atomic mass is 35.5. The maximum atomic E-state index is 12.4. The van der Waals surface area contributed by atoms with E-state index in [9.17, 15) is 19.2 Å². The molecule has 0 saturated carbocycles. The lowest BCUT2D eigenvalue weighted by Gasteiger charge is -2.16. The average Bonchev–Trinajstić information content (AvgIpc) is 3.01. The number of rotatable bonds is 5. The van der Waals surface area contributed by atoms with Gasteiger partial charge in [-0.05, 0) is 37.3 Å². The number of anilines is 2. The fourth-order valence-electron chi connectivity index (χ4n) is 2.63. The summed E-state index contributed by atoms with van der Waals surface area (Å²) in [6.45, 7) is 1.41. The number of ether oxygens (including phenoxy) is 1. The molecule has 1 fully saturated rings. The number of benzene rings is 1. The normalized spacial score (nSPS) is 14.7. The number of nitrogens with one attached hydrogen (secondary N) is 1. The second-order valence-corrected chi connectivity index (χ2v) is 6.41. The number of nitrogens with zero attached hydrogens (tertiary/aromatic N) is 2. The predicted molar refractivity (Wildman–Crippen MR) is 101 cm³/mol. The van der Waals surface area contributed by atoms with Crippen LogP contribution in [0.3, 0.4) is 0 Å². The smallest absolute Gasteiger partial charge is 0.338 e. The highest BCUT2D eigenvalue weighted by Crippen LogP contribution is 2.24. The lowest BCUT2D eigenvalue weighted by molar-refractivity contribution is -0.124. The molecular formula is C19H16ClN3O5. The predicted octanol–water partition coefficient (Wildman–Crippen LogP) is 2.57. The highest BCUT2D eigenvalue weighted by molar-refractivity contribution is 6.32. The van der Waals surface area contributed by atoms with E-state index >= 15 is 0 Å². The van der Waals surface area contributed by atoms with Crippen LogP contribution in [0.1, 0.15) is 30.1 Å². The van der Waals surface area contributed by atoms with Gasteiger partial charge in [0.25, 0.3) is 5.91 Å². The maximum absolute atomic E-state index is 12.4. The largest absolute Gasteiger partial charge is 0.449 e. The Kier molecular flexibility index (Phi) is 5.70. The van der Waals surface area contributed by atoms with Crippen LogP contribution in [0.2, 0.25) is 5.15 Å². The molecule has 0 aliphatic carbocycles. The van der Waals surface area contributed by atoms with E-state index in [-0.39, 0.29) is 35.4 Å². The Hall–Kier alpha value is -3.26. The van der Waals surface area contributed by atoms with Gasteiger partial charge in [-0.3, -0.25) is 19.3 Å². The first-order valence-corrected chi connectivity index (χ1v) is 8.83. The summed E-state index contributed by atoms with van der Waals surface area (Å²) in [6, 6.07) is 9.11. The van der Waals surface area contributed by atoms with Crippen molar-refractivity contribution in [2.75, 3.05) is 10.2 Å². The maximum Gasteiger partial charge on any atom is 0.338 e. The molecule has 1 aromatic carbocycles. The lowest BCUT2D eigenvalue weighted by atomic mass is 10.2. The Balaban J connectivity index is 1.68. The number of pyridine rings is 1. The third kappa shape index (κ3) is 4.17. The van der Waals surface area contributed by atoms with Crippen LogP contribution in [0.25, 0.3) is 0 Å². The molecule has 144 valence electrons. The summed E-state index contributed by atoms with van der Waals surface area (Å²) in [4.78, 5) is 53.2. The van der Waals surface area contributed by atoms with Gasteiger partial charge in [0.1, 0.15) is 0 Å². The topological polar surface area (TPSA) is 106 Å². The standard InChI is InChI=1S/C19H16ClN3O5/c1-11(18(26)22-14-6-3-9-21-17(14)20)28-19(27)12-4-2-5-13(10-12)23-15(24)7-8-16(23)25/h2-6,9-11H,7-8H2,1H3,(H,22,26)/t11-/m0/s1. The second kappa shape index (κ2) is 8.18. The fraction of sp³-hybridized carbons (Fsp3) is 0.211. The van der Waals surface area contributed by atoms with Gasteiger partial charge in [0.2, 0.25) is 11.8 Å². The Labute approximate surface area is 165 Å². The van der Waals surface area contributed by atoms with E-state index in [1.54, 1.807) is 18.2 Å². The molecule has 1 aliphatic heterocycles. The summed E-state index contributed by atoms with van der Waals surface area (Å²) in [5, 5.41) is 2.64. The molecule has 3 amide bonds. The molecule has 1 N–H and O–H groups in total. The molecule has 8 nitrogen and oxygen atoms in total. The van der Waals surface area contributed by atoms with E-state index < -0.39 is 18.0 Å². The Morgan fingerprint density at radius 2 is 1.89 bits per heavy atom. The molecule has 2 heterocycles. The van der Waals surface area contributed by atoms with Gasteiger partial charge in [0.05, 0.1) is 16.9 Å². The van der Waals surface area contributed by atoms with Crippen molar-refractivity contribution in [2.45, 2.75) is 25.9 Å². The van der Waals surface area contributed by atoms with E-state index in [1.165, 1.54) is 31.3 Å². The minimum absolute atomic E-state index is 0.113. The van der Waals surface area contributed by atoms with Gasteiger partial charge < -0.3 is 10.1 Å². The van der Waals surface area contributed by atoms with Crippen molar-refractivity contribution in [3.05, 3.63) is 53.3 Å². The first-order chi connectivity index (χ1) is 13.4. The molecule has 9 heteroatoms. The van der Waals surface area contributed by atoms with Crippen molar-refractivity contribution in [3.63, 3.8) is 0 Å². The minimum Gasteiger partial charge on any atom is -0.449 e. The quantitative estimate of drug-likeness (QED) is 0.469. The number of amides is 3. The van der Waals surface area contributed by atoms with Gasteiger partial charge in [-0.15, -0.1) is 0 Å². The second-order valence-electron chi connectivity index (χ2n) is 6.05. The molecule has 2 aromatic rings. The number of aromatic nitrogens is 1. The van der Waals surface area contributed by atoms with Crippen molar-refractivity contribution in [1.82, 2.24) is 4.98 Å². The zero-order valence-electron chi connectivity index (χ0n) is 14.8. The van der Waals surface area contributed by atoms with Gasteiger partial charge in [-0.1, -0.05) is 17.7 Å². The van der Waals surface area contributed by atoms with Crippen molar-refractivity contribution < 1.29 is 23.9 Å². The molecule has 28 heavy (non-hydrogen) atoms. The molecule has 1 atom stereocenters. The van der Waals surface area contributed by atoms with E-state index in [0.717, 1.165) is 4.90 Å². The summed E-state index contributed by atoms with van der Waals surface area (Å²) < 4.78 is 5.18. The van der Waals surface area contributed by atoms with Crippen LogP contribution >= 0.6 is 11.6 Å². The minimum atomic E-state index is -1.11. The number of carbonyl (C=O) groups excluding carboxylic acids is 4. The lowest BCUT2D eigenvalue weighted by Crippen LogP contribution is -2.30. The molecule has 1 aromatic heterocycles. The molecule has 0 bridgehead atoms. The number of hydrogen-bond donors (Lipinski definition) is 1. The van der Waals surface area contributed by atoms with Crippen molar-refractivity contribution >= 4 is 46.7 Å². The number of halogens is 1. The van der Waals surface area contributed by atoms with Gasteiger partial charge in [-0.2, -0.15) is 0 Å². The van der Waals surface area contributed by atoms with Gasteiger partial charge >= 0.3 is 5.97 Å². The molecule has 3 rings (SSSR count). The third-order valence-corrected chi connectivity index (χ3v) is 4.36. The van der Waals surface area contributed by atoms with Crippen LogP contribution in [-0.4, -0.2) is 34.8 Å². The van der Waals surface area contributed by atoms with Gasteiger partial charge in [-0.25, -0.2) is 9.78 Å². The first-order valence-electron chi connectivity index (χ1n) is 8.45. The Morgan fingerprint density at radius 1 is 1.18 bits per heavy atom. The summed E-state index contributed by atoms with van der Waals surface area (Å²) in [5.74, 6) is -1.99. The summed E-state index contributed by atoms with van der Waals surface area (Å²) in [7, 11) is 0. The highest BCUT2D eigenvalue weighted by Gasteiger charge is 2.30. The van der Waals surface area contributed by atoms with E-state index in [1.807, 2.05) is 0 Å². The van der Waals surface area contributed by atoms with Crippen LogP contribution in [0.15, 0.2) is 42.6 Å². The molecular weight excluding hydrogens is 386 g/mol. The summed E-state index contributed by atoms with van der Waals surface area (Å²) in [6.07, 6.45) is 0.649. The first kappa shape index (κ1) is 19.5. The van der Waals surface area contributed by atoms with Crippen LogP contribution in [0.4, 0.5) is 11.4 Å². The number of hydrogen-bond acceptors (Lipinski definition) is 6. The molecule has 0 radical (unpaired) electrons. The van der Waals surface area contributed by atoms with Crippen molar-refractivity contribution in [3.8, 4) is 0 Å². The summed E-state index contributed by atoms with van der Waals surface area (Å²) in [5.41, 5.74) is 0.704. The number of imide groups is 1. The van der Waals surface area contributed by atoms with Gasteiger partial charge in [0, 0.05) is 19.0 Å². The number of carbonyl (C=O) groups is 4. The van der Waals surface area contributed by atoms with Crippen molar-refractivity contribution in [1.29, 1.82) is 0 Å². The van der Waals surface area contributed by atoms with Gasteiger partial charge in [0.15, 0.2) is 11.3 Å². The van der Waals surface area contributed by atoms with Crippen molar-refractivity contribution in [2.24, 2.45) is 0 Å². The van der Waals surface area contributed by atoms with E-state index in [2.05, 4.69) is 10.3 Å². The monoisotopic (exact) mass is 401 g/mol. The zero-order chi connectivity index (χ0) is 20.3. The third-order valence-electron chi connectivity index (χ3n) is 4.06. The van der Waals surface area contributed by atoms with Crippen LogP contribution in [0.5, 0.6) is 0 Å². The van der Waals surface area contributed by atoms with Crippen LogP contribution in [0, 0.1) is 0 Å². The molecule has 1 aliphatic rings. The van der Waals surface area contributed by atoms with Crippen LogP contribution < -0.4 is 10.2 Å². The van der Waals surface area contributed by atoms with E-state index in [4.69, 9.17) is 16.3 Å². The molecule has 0 spiro atoms. The SMILES string of the molecule is C[C@H](OC(=O)c1cccc(N2C(=O)CCC2=O)c1)C(=O)Nc1cccnc1Cl. The van der Waals surface area contributed by atoms with Crippen LogP contribution in [-0.2, 0) is 19.1 Å². The fourth-order valence-corrected chi connectivity index (χ4v) is 2.80. The Morgan fingerprint density at radius 3 is 2.57 bits per heavy atom. The summed E-state index contributed by atoms with van der Waals surface area (Å²) >= 11 is 5.88. The Bertz CT molecular complexity index is 946. The van der Waals surface area contributed by atoms with E-state index in [0.29, 0.717) is 11.4 Å². The number of esters is 1. The molecule has 1 saturated heterocycles. The zero-order valence-corrected chi connectivity index (χ0v) is 15.6.